The Morgan fingerprint density at radius 2 is 2.10 bits per heavy atom. The number of ether oxygens (including phenoxy) is 2. The highest BCUT2D eigenvalue weighted by Gasteiger charge is 2.14. The predicted octanol–water partition coefficient (Wildman–Crippen LogP) is 1.07. The summed E-state index contributed by atoms with van der Waals surface area (Å²) in [4.78, 5) is 15.9. The molecule has 7 heteroatoms. The molecule has 0 fully saturated rings. The maximum Gasteiger partial charge on any atom is 0.289 e. The second kappa shape index (κ2) is 6.25. The number of benzene rings is 1. The smallest absolute Gasteiger partial charge is 0.289 e. The Morgan fingerprint density at radius 3 is 2.67 bits per heavy atom. The van der Waals surface area contributed by atoms with Crippen molar-refractivity contribution in [3.63, 3.8) is 0 Å². The molecule has 2 aromatic rings. The summed E-state index contributed by atoms with van der Waals surface area (Å²) in [5.41, 5.74) is 1.87. The summed E-state index contributed by atoms with van der Waals surface area (Å²) in [6.07, 6.45) is 1.34. The number of hydrogen-bond donors (Lipinski definition) is 1. The minimum Gasteiger partial charge on any atom is -0.493 e. The van der Waals surface area contributed by atoms with Crippen LogP contribution in [0.2, 0.25) is 0 Å². The third kappa shape index (κ3) is 2.96. The minimum atomic E-state index is -0.274. The lowest BCUT2D eigenvalue weighted by Gasteiger charge is -2.14. The van der Waals surface area contributed by atoms with Crippen molar-refractivity contribution in [2.24, 2.45) is 7.05 Å². The van der Waals surface area contributed by atoms with Gasteiger partial charge in [0, 0.05) is 13.6 Å². The fraction of sp³-hybridized carbons (Fsp3) is 0.357. The lowest BCUT2D eigenvalue weighted by molar-refractivity contribution is 0.0936. The van der Waals surface area contributed by atoms with Gasteiger partial charge in [-0.2, -0.15) is 5.10 Å². The molecule has 0 saturated carbocycles. The van der Waals surface area contributed by atoms with Gasteiger partial charge in [-0.1, -0.05) is 6.07 Å². The average Bonchev–Trinajstić information content (AvgIpc) is 2.91. The van der Waals surface area contributed by atoms with Gasteiger partial charge in [0.2, 0.25) is 5.82 Å². The summed E-state index contributed by atoms with van der Waals surface area (Å²) < 4.78 is 12.0. The molecule has 21 heavy (non-hydrogen) atoms. The fourth-order valence-corrected chi connectivity index (χ4v) is 2.07. The zero-order chi connectivity index (χ0) is 15.4. The molecule has 1 N–H and O–H groups in total. The van der Waals surface area contributed by atoms with Crippen molar-refractivity contribution < 1.29 is 14.3 Å². The molecule has 1 aromatic carbocycles. The monoisotopic (exact) mass is 290 g/mol. The van der Waals surface area contributed by atoms with Crippen LogP contribution in [0.1, 0.15) is 21.7 Å². The van der Waals surface area contributed by atoms with E-state index in [2.05, 4.69) is 15.4 Å². The second-order valence-corrected chi connectivity index (χ2v) is 4.48. The standard InChI is InChI=1S/C14H18N4O3/c1-9-10(5-6-11(20-3)12(9)21-4)7-15-14(19)13-16-8-17-18(13)2/h5-6,8H,7H2,1-4H3,(H,15,19). The Morgan fingerprint density at radius 1 is 1.33 bits per heavy atom. The number of hydrogen-bond acceptors (Lipinski definition) is 5. The predicted molar refractivity (Wildman–Crippen MR) is 76.5 cm³/mol. The molecule has 0 aliphatic carbocycles. The maximum absolute atomic E-state index is 12.0. The van der Waals surface area contributed by atoms with Crippen LogP contribution in [0, 0.1) is 6.92 Å². The van der Waals surface area contributed by atoms with E-state index in [0.29, 0.717) is 18.0 Å². The maximum atomic E-state index is 12.0. The van der Waals surface area contributed by atoms with Crippen LogP contribution >= 0.6 is 0 Å². The van der Waals surface area contributed by atoms with Crippen LogP contribution in [0.25, 0.3) is 0 Å². The molecule has 0 aliphatic heterocycles. The van der Waals surface area contributed by atoms with E-state index < -0.39 is 0 Å². The van der Waals surface area contributed by atoms with Crippen LogP contribution in [0.3, 0.4) is 0 Å². The van der Waals surface area contributed by atoms with Crippen molar-refractivity contribution >= 4 is 5.91 Å². The first-order chi connectivity index (χ1) is 10.1. The van der Waals surface area contributed by atoms with E-state index in [9.17, 15) is 4.79 Å². The molecule has 1 aromatic heterocycles. The molecule has 2 rings (SSSR count). The van der Waals surface area contributed by atoms with Crippen molar-refractivity contribution in [2.75, 3.05) is 14.2 Å². The SMILES string of the molecule is COc1ccc(CNC(=O)c2ncnn2C)c(C)c1OC. The molecule has 0 atom stereocenters. The lowest BCUT2D eigenvalue weighted by Crippen LogP contribution is -2.26. The highest BCUT2D eigenvalue weighted by Crippen LogP contribution is 2.32. The van der Waals surface area contributed by atoms with Crippen LogP contribution in [-0.4, -0.2) is 34.9 Å². The van der Waals surface area contributed by atoms with Crippen molar-refractivity contribution in [2.45, 2.75) is 13.5 Å². The van der Waals surface area contributed by atoms with E-state index >= 15 is 0 Å². The number of nitrogens with one attached hydrogen (secondary N) is 1. The first kappa shape index (κ1) is 14.8. The van der Waals surface area contributed by atoms with Gasteiger partial charge in [-0.25, -0.2) is 9.67 Å². The number of rotatable bonds is 5. The van der Waals surface area contributed by atoms with Gasteiger partial charge in [-0.05, 0) is 24.1 Å². The summed E-state index contributed by atoms with van der Waals surface area (Å²) in [5, 5.41) is 6.68. The molecule has 0 aliphatic rings. The Hall–Kier alpha value is -2.57. The number of aryl methyl sites for hydroxylation is 1. The summed E-state index contributed by atoms with van der Waals surface area (Å²) in [6, 6.07) is 3.71. The van der Waals surface area contributed by atoms with Gasteiger partial charge in [0.25, 0.3) is 5.91 Å². The molecule has 1 amide bonds. The van der Waals surface area contributed by atoms with Crippen LogP contribution < -0.4 is 14.8 Å². The fourth-order valence-electron chi connectivity index (χ4n) is 2.07. The topological polar surface area (TPSA) is 78.3 Å². The number of methoxy groups -OCH3 is 2. The molecule has 7 nitrogen and oxygen atoms in total. The Balaban J connectivity index is 2.14. The Kier molecular flexibility index (Phi) is 4.42. The molecule has 0 radical (unpaired) electrons. The van der Waals surface area contributed by atoms with Crippen LogP contribution in [0.5, 0.6) is 11.5 Å². The zero-order valence-electron chi connectivity index (χ0n) is 12.5. The minimum absolute atomic E-state index is 0.271. The van der Waals surface area contributed by atoms with Crippen molar-refractivity contribution in [1.29, 1.82) is 0 Å². The van der Waals surface area contributed by atoms with E-state index in [1.807, 2.05) is 19.1 Å². The molecule has 112 valence electrons. The molecule has 0 saturated heterocycles. The van der Waals surface area contributed by atoms with Crippen molar-refractivity contribution in [1.82, 2.24) is 20.1 Å². The molecule has 1 heterocycles. The quantitative estimate of drug-likeness (QED) is 0.891. The number of nitrogens with zero attached hydrogens (tertiary/aromatic N) is 3. The van der Waals surface area contributed by atoms with E-state index in [-0.39, 0.29) is 11.7 Å². The van der Waals surface area contributed by atoms with Crippen LogP contribution in [0.4, 0.5) is 0 Å². The van der Waals surface area contributed by atoms with E-state index in [4.69, 9.17) is 9.47 Å². The van der Waals surface area contributed by atoms with Crippen molar-refractivity contribution in [3.8, 4) is 11.5 Å². The van der Waals surface area contributed by atoms with Crippen LogP contribution in [-0.2, 0) is 13.6 Å². The summed E-state index contributed by atoms with van der Waals surface area (Å²) in [7, 11) is 4.85. The summed E-state index contributed by atoms with van der Waals surface area (Å²) in [6.45, 7) is 2.29. The number of carbonyl (C=O) groups excluding carboxylic acids is 1. The van der Waals surface area contributed by atoms with Gasteiger partial charge < -0.3 is 14.8 Å². The normalized spacial score (nSPS) is 10.3. The molecular formula is C14H18N4O3. The molecular weight excluding hydrogens is 272 g/mol. The van der Waals surface area contributed by atoms with Gasteiger partial charge in [-0.3, -0.25) is 4.79 Å². The second-order valence-electron chi connectivity index (χ2n) is 4.48. The Labute approximate surface area is 122 Å². The molecule has 0 spiro atoms. The molecule has 0 bridgehead atoms. The van der Waals surface area contributed by atoms with E-state index in [1.165, 1.54) is 11.0 Å². The third-order valence-electron chi connectivity index (χ3n) is 3.26. The van der Waals surface area contributed by atoms with E-state index in [0.717, 1.165) is 11.1 Å². The third-order valence-corrected chi connectivity index (χ3v) is 3.26. The van der Waals surface area contributed by atoms with Crippen molar-refractivity contribution in [3.05, 3.63) is 35.4 Å². The number of aromatic nitrogens is 3. The molecule has 0 unspecified atom stereocenters. The van der Waals surface area contributed by atoms with Gasteiger partial charge in [0.15, 0.2) is 11.5 Å². The first-order valence-electron chi connectivity index (χ1n) is 6.41. The van der Waals surface area contributed by atoms with Crippen LogP contribution in [0.15, 0.2) is 18.5 Å². The largest absolute Gasteiger partial charge is 0.493 e. The summed E-state index contributed by atoms with van der Waals surface area (Å²) >= 11 is 0. The van der Waals surface area contributed by atoms with Gasteiger partial charge >= 0.3 is 0 Å². The Bertz CT molecular complexity index is 652. The van der Waals surface area contributed by atoms with E-state index in [1.54, 1.807) is 21.3 Å². The van der Waals surface area contributed by atoms with Gasteiger partial charge in [0.05, 0.1) is 14.2 Å². The first-order valence-corrected chi connectivity index (χ1v) is 6.41. The average molecular weight is 290 g/mol. The number of amides is 1. The highest BCUT2D eigenvalue weighted by atomic mass is 16.5. The lowest BCUT2D eigenvalue weighted by atomic mass is 10.1. The number of carbonyl (C=O) groups is 1. The van der Waals surface area contributed by atoms with Gasteiger partial charge in [0.1, 0.15) is 6.33 Å². The summed E-state index contributed by atoms with van der Waals surface area (Å²) in [5.74, 6) is 1.33. The zero-order valence-corrected chi connectivity index (χ0v) is 12.5. The highest BCUT2D eigenvalue weighted by molar-refractivity contribution is 5.90. The van der Waals surface area contributed by atoms with Gasteiger partial charge in [-0.15, -0.1) is 0 Å².